The van der Waals surface area contributed by atoms with Gasteiger partial charge in [0.05, 0.1) is 22.9 Å². The number of benzene rings is 1. The maximum atomic E-state index is 13.4. The van der Waals surface area contributed by atoms with E-state index >= 15 is 0 Å². The summed E-state index contributed by atoms with van der Waals surface area (Å²) in [5.41, 5.74) is -0.132. The van der Waals surface area contributed by atoms with E-state index in [9.17, 15) is 19.6 Å². The van der Waals surface area contributed by atoms with Crippen LogP contribution >= 0.6 is 0 Å². The molecular weight excluding hydrogens is 267 g/mol. The summed E-state index contributed by atoms with van der Waals surface area (Å²) < 4.78 is 18.7. The molecule has 1 unspecified atom stereocenters. The summed E-state index contributed by atoms with van der Waals surface area (Å²) in [7, 11) is 0. The molecule has 0 aliphatic heterocycles. The Morgan fingerprint density at radius 1 is 1.35 bits per heavy atom. The minimum Gasteiger partial charge on any atom is -0.456 e. The Morgan fingerprint density at radius 3 is 2.55 bits per heavy atom. The standard InChI is InChI=1S/C13H11FN2O4/c1-8(17)12-4-2-10(7-15-12)20-9-3-5-13(16(18)19)11(14)6-9/h2-8,17H,1H3. The number of nitro benzene ring substituents is 1. The van der Waals surface area contributed by atoms with Crippen molar-refractivity contribution < 1.29 is 19.2 Å². The lowest BCUT2D eigenvalue weighted by molar-refractivity contribution is -0.387. The number of hydrogen-bond acceptors (Lipinski definition) is 5. The van der Waals surface area contributed by atoms with E-state index in [2.05, 4.69) is 4.98 Å². The second-order valence-electron chi connectivity index (χ2n) is 4.07. The third kappa shape index (κ3) is 3.07. The highest BCUT2D eigenvalue weighted by Gasteiger charge is 2.14. The first-order chi connectivity index (χ1) is 9.47. The molecule has 0 aliphatic carbocycles. The molecule has 0 fully saturated rings. The van der Waals surface area contributed by atoms with Gasteiger partial charge in [0, 0.05) is 12.1 Å². The lowest BCUT2D eigenvalue weighted by Crippen LogP contribution is -1.96. The first kappa shape index (κ1) is 13.9. The van der Waals surface area contributed by atoms with Crippen LogP contribution < -0.4 is 4.74 Å². The summed E-state index contributed by atoms with van der Waals surface area (Å²) in [6, 6.07) is 6.39. The van der Waals surface area contributed by atoms with E-state index in [1.54, 1.807) is 19.1 Å². The summed E-state index contributed by atoms with van der Waals surface area (Å²) in [5.74, 6) is -0.511. The van der Waals surface area contributed by atoms with Crippen LogP contribution in [0.5, 0.6) is 11.5 Å². The van der Waals surface area contributed by atoms with Crippen molar-refractivity contribution in [2.75, 3.05) is 0 Å². The molecule has 0 amide bonds. The molecule has 0 spiro atoms. The number of hydrogen-bond donors (Lipinski definition) is 1. The van der Waals surface area contributed by atoms with E-state index in [0.717, 1.165) is 12.1 Å². The Kier molecular flexibility index (Phi) is 3.90. The number of pyridine rings is 1. The third-order valence-electron chi connectivity index (χ3n) is 2.54. The maximum Gasteiger partial charge on any atom is 0.305 e. The molecule has 104 valence electrons. The number of aromatic nitrogens is 1. The fourth-order valence-electron chi connectivity index (χ4n) is 1.53. The maximum absolute atomic E-state index is 13.4. The normalized spacial score (nSPS) is 11.9. The first-order valence-electron chi connectivity index (χ1n) is 5.73. The van der Waals surface area contributed by atoms with Gasteiger partial charge in [0.25, 0.3) is 0 Å². The second kappa shape index (κ2) is 5.62. The average molecular weight is 278 g/mol. The Hall–Kier alpha value is -2.54. The predicted octanol–water partition coefficient (Wildman–Crippen LogP) is 2.97. The number of aliphatic hydroxyl groups is 1. The van der Waals surface area contributed by atoms with Crippen molar-refractivity contribution >= 4 is 5.69 Å². The topological polar surface area (TPSA) is 85.5 Å². The zero-order valence-corrected chi connectivity index (χ0v) is 10.5. The van der Waals surface area contributed by atoms with Crippen molar-refractivity contribution in [1.82, 2.24) is 4.98 Å². The highest BCUT2D eigenvalue weighted by atomic mass is 19.1. The van der Waals surface area contributed by atoms with Crippen LogP contribution in [0.1, 0.15) is 18.7 Å². The van der Waals surface area contributed by atoms with Crippen LogP contribution in [0.4, 0.5) is 10.1 Å². The number of aliphatic hydroxyl groups excluding tert-OH is 1. The molecule has 0 saturated heterocycles. The number of nitrogens with zero attached hydrogens (tertiary/aromatic N) is 2. The van der Waals surface area contributed by atoms with Crippen LogP contribution in [-0.4, -0.2) is 15.0 Å². The fourth-order valence-corrected chi connectivity index (χ4v) is 1.53. The van der Waals surface area contributed by atoms with Crippen molar-refractivity contribution in [1.29, 1.82) is 0 Å². The molecule has 1 atom stereocenters. The smallest absolute Gasteiger partial charge is 0.305 e. The van der Waals surface area contributed by atoms with Crippen LogP contribution in [0, 0.1) is 15.9 Å². The van der Waals surface area contributed by atoms with E-state index < -0.39 is 22.5 Å². The Balaban J connectivity index is 2.17. The van der Waals surface area contributed by atoms with Gasteiger partial charge in [-0.1, -0.05) is 0 Å². The molecule has 1 aromatic carbocycles. The molecule has 0 bridgehead atoms. The quantitative estimate of drug-likeness (QED) is 0.686. The number of nitro groups is 1. The molecule has 1 N–H and O–H groups in total. The third-order valence-corrected chi connectivity index (χ3v) is 2.54. The van der Waals surface area contributed by atoms with Gasteiger partial charge in [-0.05, 0) is 25.1 Å². The van der Waals surface area contributed by atoms with E-state index in [4.69, 9.17) is 4.74 Å². The van der Waals surface area contributed by atoms with Crippen molar-refractivity contribution in [2.45, 2.75) is 13.0 Å². The van der Waals surface area contributed by atoms with Gasteiger partial charge >= 0.3 is 5.69 Å². The minimum atomic E-state index is -0.971. The number of ether oxygens (including phenoxy) is 1. The van der Waals surface area contributed by atoms with Gasteiger partial charge in [0.15, 0.2) is 0 Å². The van der Waals surface area contributed by atoms with E-state index in [1.165, 1.54) is 12.3 Å². The Bertz CT molecular complexity index is 629. The fraction of sp³-hybridized carbons (Fsp3) is 0.154. The molecule has 6 nitrogen and oxygen atoms in total. The van der Waals surface area contributed by atoms with Crippen LogP contribution in [0.25, 0.3) is 0 Å². The molecule has 2 aromatic rings. The van der Waals surface area contributed by atoms with E-state index in [0.29, 0.717) is 11.4 Å². The zero-order chi connectivity index (χ0) is 14.7. The second-order valence-corrected chi connectivity index (χ2v) is 4.07. The Labute approximate surface area is 113 Å². The van der Waals surface area contributed by atoms with Gasteiger partial charge in [-0.3, -0.25) is 15.1 Å². The zero-order valence-electron chi connectivity index (χ0n) is 10.5. The van der Waals surface area contributed by atoms with Crippen LogP contribution in [0.2, 0.25) is 0 Å². The van der Waals surface area contributed by atoms with Gasteiger partial charge in [0.2, 0.25) is 5.82 Å². The summed E-state index contributed by atoms with van der Waals surface area (Å²) in [4.78, 5) is 13.6. The summed E-state index contributed by atoms with van der Waals surface area (Å²) in [5, 5.41) is 19.8. The molecular formula is C13H11FN2O4. The minimum absolute atomic E-state index is 0.125. The van der Waals surface area contributed by atoms with Crippen LogP contribution in [0.15, 0.2) is 36.5 Å². The van der Waals surface area contributed by atoms with E-state index in [1.807, 2.05) is 0 Å². The molecule has 0 aliphatic rings. The molecule has 1 heterocycles. The average Bonchev–Trinajstić information content (AvgIpc) is 2.39. The lowest BCUT2D eigenvalue weighted by atomic mass is 10.2. The Morgan fingerprint density at radius 2 is 2.05 bits per heavy atom. The number of halogens is 1. The predicted molar refractivity (Wildman–Crippen MR) is 68.0 cm³/mol. The van der Waals surface area contributed by atoms with Crippen molar-refractivity contribution in [3.05, 3.63) is 58.2 Å². The summed E-state index contributed by atoms with van der Waals surface area (Å²) in [6.45, 7) is 1.58. The SMILES string of the molecule is CC(O)c1ccc(Oc2ccc([N+](=O)[O-])c(F)c2)cn1. The van der Waals surface area contributed by atoms with Gasteiger partial charge < -0.3 is 9.84 Å². The van der Waals surface area contributed by atoms with Crippen LogP contribution in [0.3, 0.4) is 0 Å². The molecule has 20 heavy (non-hydrogen) atoms. The molecule has 0 saturated carbocycles. The first-order valence-corrected chi connectivity index (χ1v) is 5.73. The number of rotatable bonds is 4. The van der Waals surface area contributed by atoms with Gasteiger partial charge in [-0.15, -0.1) is 0 Å². The molecule has 0 radical (unpaired) electrons. The monoisotopic (exact) mass is 278 g/mol. The van der Waals surface area contributed by atoms with Crippen LogP contribution in [-0.2, 0) is 0 Å². The summed E-state index contributed by atoms with van der Waals surface area (Å²) >= 11 is 0. The van der Waals surface area contributed by atoms with Gasteiger partial charge in [-0.2, -0.15) is 4.39 Å². The van der Waals surface area contributed by atoms with Crippen molar-refractivity contribution in [2.24, 2.45) is 0 Å². The largest absolute Gasteiger partial charge is 0.456 e. The van der Waals surface area contributed by atoms with Gasteiger partial charge in [-0.25, -0.2) is 0 Å². The van der Waals surface area contributed by atoms with Crippen molar-refractivity contribution in [3.8, 4) is 11.5 Å². The molecule has 7 heteroatoms. The van der Waals surface area contributed by atoms with Crippen molar-refractivity contribution in [3.63, 3.8) is 0 Å². The van der Waals surface area contributed by atoms with Gasteiger partial charge in [0.1, 0.15) is 11.5 Å². The summed E-state index contributed by atoms with van der Waals surface area (Å²) in [6.07, 6.45) is 0.683. The highest BCUT2D eigenvalue weighted by Crippen LogP contribution is 2.26. The molecule has 2 rings (SSSR count). The molecule has 1 aromatic heterocycles. The highest BCUT2D eigenvalue weighted by molar-refractivity contribution is 5.39. The lowest BCUT2D eigenvalue weighted by Gasteiger charge is -2.07. The van der Waals surface area contributed by atoms with E-state index in [-0.39, 0.29) is 5.75 Å².